The number of hydrogen-bond donors (Lipinski definition) is 2. The van der Waals surface area contributed by atoms with Crippen LogP contribution in [0.5, 0.6) is 0 Å². The molecule has 2 N–H and O–H groups in total. The second-order valence-corrected chi connectivity index (χ2v) is 8.81. The predicted octanol–water partition coefficient (Wildman–Crippen LogP) is 3.29. The van der Waals surface area contributed by atoms with Gasteiger partial charge in [0.2, 0.25) is 5.91 Å². The quantitative estimate of drug-likeness (QED) is 0.438. The van der Waals surface area contributed by atoms with Crippen LogP contribution >= 0.6 is 11.9 Å². The van der Waals surface area contributed by atoms with Gasteiger partial charge in [-0.05, 0) is 30.3 Å². The van der Waals surface area contributed by atoms with Gasteiger partial charge >= 0.3 is 0 Å². The highest BCUT2D eigenvalue weighted by Crippen LogP contribution is 2.30. The van der Waals surface area contributed by atoms with Crippen molar-refractivity contribution < 1.29 is 14.3 Å². The van der Waals surface area contributed by atoms with E-state index in [1.165, 1.54) is 18.0 Å². The van der Waals surface area contributed by atoms with Crippen molar-refractivity contribution in [3.05, 3.63) is 89.6 Å². The van der Waals surface area contributed by atoms with Crippen LogP contribution in [0.3, 0.4) is 0 Å². The summed E-state index contributed by atoms with van der Waals surface area (Å²) in [6.45, 7) is 0.804. The first-order valence-electron chi connectivity index (χ1n) is 10.6. The monoisotopic (exact) mass is 463 g/mol. The van der Waals surface area contributed by atoms with Crippen LogP contribution in [-0.4, -0.2) is 43.2 Å². The largest absolute Gasteiger partial charge is 0.395 e. The number of nitrogens with zero attached hydrogens (tertiary/aromatic N) is 4. The zero-order valence-corrected chi connectivity index (χ0v) is 18.5. The van der Waals surface area contributed by atoms with E-state index >= 15 is 0 Å². The molecule has 4 aromatic rings. The first-order chi connectivity index (χ1) is 16.1. The van der Waals surface area contributed by atoms with Crippen LogP contribution in [-0.2, 0) is 17.9 Å². The number of halogens is 1. The van der Waals surface area contributed by atoms with Crippen molar-refractivity contribution in [1.82, 2.24) is 24.4 Å². The summed E-state index contributed by atoms with van der Waals surface area (Å²) in [5.74, 6) is -0.696. The lowest BCUT2D eigenvalue weighted by Gasteiger charge is -2.24. The van der Waals surface area contributed by atoms with Gasteiger partial charge in [0, 0.05) is 58.8 Å². The zero-order valence-electron chi connectivity index (χ0n) is 17.7. The van der Waals surface area contributed by atoms with Gasteiger partial charge in [-0.3, -0.25) is 15.1 Å². The summed E-state index contributed by atoms with van der Waals surface area (Å²) in [5, 5.41) is 17.9. The fraction of sp³-hybridized carbons (Fsp3) is 0.208. The van der Waals surface area contributed by atoms with Crippen LogP contribution < -0.4 is 5.32 Å². The minimum Gasteiger partial charge on any atom is -0.395 e. The maximum absolute atomic E-state index is 14.4. The van der Waals surface area contributed by atoms with Gasteiger partial charge in [0.1, 0.15) is 11.9 Å². The van der Waals surface area contributed by atoms with Gasteiger partial charge in [-0.15, -0.1) is 0 Å². The number of hydrogen-bond acceptors (Lipinski definition) is 6. The summed E-state index contributed by atoms with van der Waals surface area (Å²) < 4.78 is 16.2. The number of rotatable bonds is 7. The molecular weight excluding hydrogens is 441 g/mol. The fourth-order valence-electron chi connectivity index (χ4n) is 3.98. The Morgan fingerprint density at radius 2 is 2.06 bits per heavy atom. The Morgan fingerprint density at radius 3 is 2.88 bits per heavy atom. The summed E-state index contributed by atoms with van der Waals surface area (Å²) in [5.41, 5.74) is 3.01. The molecule has 33 heavy (non-hydrogen) atoms. The number of aliphatic hydroxyl groups is 1. The van der Waals surface area contributed by atoms with Crippen LogP contribution in [0.1, 0.15) is 22.9 Å². The Bertz CT molecular complexity index is 1290. The first kappa shape index (κ1) is 21.6. The summed E-state index contributed by atoms with van der Waals surface area (Å²) in [7, 11) is 0. The van der Waals surface area contributed by atoms with E-state index in [2.05, 4.69) is 21.5 Å². The van der Waals surface area contributed by atoms with Crippen molar-refractivity contribution in [1.29, 1.82) is 0 Å². The highest BCUT2D eigenvalue weighted by atomic mass is 32.2. The topological polar surface area (TPSA) is 83.3 Å². The van der Waals surface area contributed by atoms with Crippen molar-refractivity contribution in [2.24, 2.45) is 0 Å². The molecule has 1 amide bonds. The highest BCUT2D eigenvalue weighted by molar-refractivity contribution is 7.97. The molecule has 7 nitrogen and oxygen atoms in total. The Hall–Kier alpha value is -3.27. The number of aliphatic hydroxyl groups excluding tert-OH is 1. The Kier molecular flexibility index (Phi) is 6.08. The van der Waals surface area contributed by atoms with E-state index in [0.29, 0.717) is 13.1 Å². The average molecular weight is 464 g/mol. The molecule has 1 unspecified atom stereocenters. The summed E-state index contributed by atoms with van der Waals surface area (Å²) in [6.07, 6.45) is 3.70. The number of carbonyl (C=O) groups excluding carboxylic acids is 1. The van der Waals surface area contributed by atoms with Crippen LogP contribution in [0.4, 0.5) is 4.39 Å². The molecule has 0 bridgehead atoms. The van der Waals surface area contributed by atoms with Gasteiger partial charge in [-0.25, -0.2) is 8.48 Å². The van der Waals surface area contributed by atoms with Gasteiger partial charge in [-0.2, -0.15) is 5.10 Å². The molecule has 168 valence electrons. The smallest absolute Gasteiger partial charge is 0.245 e. The molecule has 2 aromatic carbocycles. The van der Waals surface area contributed by atoms with Gasteiger partial charge < -0.3 is 10.0 Å². The third-order valence-electron chi connectivity index (χ3n) is 5.57. The number of pyridine rings is 1. The predicted molar refractivity (Wildman–Crippen MR) is 124 cm³/mol. The number of fused-ring (bicyclic) bond motifs is 2. The fourth-order valence-corrected chi connectivity index (χ4v) is 4.82. The lowest BCUT2D eigenvalue weighted by molar-refractivity contribution is -0.134. The van der Waals surface area contributed by atoms with Crippen LogP contribution in [0.15, 0.2) is 71.9 Å². The Balaban J connectivity index is 1.30. The van der Waals surface area contributed by atoms with Gasteiger partial charge in [0.05, 0.1) is 24.4 Å². The van der Waals surface area contributed by atoms with Crippen molar-refractivity contribution in [2.75, 3.05) is 13.2 Å². The zero-order chi connectivity index (χ0) is 22.8. The molecule has 2 aromatic heterocycles. The summed E-state index contributed by atoms with van der Waals surface area (Å²) in [4.78, 5) is 20.3. The molecule has 5 rings (SSSR count). The van der Waals surface area contributed by atoms with Crippen molar-refractivity contribution in [2.45, 2.75) is 24.0 Å². The maximum atomic E-state index is 14.4. The summed E-state index contributed by atoms with van der Waals surface area (Å²) in [6, 6.07) is 15.3. The molecule has 3 heterocycles. The standard InChI is InChI=1S/C24H22FN5O2S/c25-20-6-2-1-5-19(20)23(27-10-11-31)24(32)29-13-17-14-30(28-22(17)15-29)33-18-7-8-21-16(12-18)4-3-9-26-21/h1-9,12,14,23,27,31H,10-11,13,15H2. The van der Waals surface area contributed by atoms with Gasteiger partial charge in [0.15, 0.2) is 0 Å². The third-order valence-corrected chi connectivity index (χ3v) is 6.41. The normalized spacial score (nSPS) is 13.9. The number of benzene rings is 2. The van der Waals surface area contributed by atoms with Crippen molar-refractivity contribution in [3.63, 3.8) is 0 Å². The highest BCUT2D eigenvalue weighted by Gasteiger charge is 2.33. The molecule has 0 saturated carbocycles. The lowest BCUT2D eigenvalue weighted by Crippen LogP contribution is -2.39. The number of nitrogens with one attached hydrogen (secondary N) is 1. The van der Waals surface area contributed by atoms with E-state index < -0.39 is 11.9 Å². The Morgan fingerprint density at radius 1 is 1.18 bits per heavy atom. The maximum Gasteiger partial charge on any atom is 0.245 e. The van der Waals surface area contributed by atoms with E-state index in [0.717, 1.165) is 27.1 Å². The number of aromatic nitrogens is 3. The molecule has 9 heteroatoms. The minimum absolute atomic E-state index is 0.146. The first-order valence-corrected chi connectivity index (χ1v) is 11.4. The average Bonchev–Trinajstić information content (AvgIpc) is 3.39. The molecule has 0 aliphatic carbocycles. The molecule has 0 saturated heterocycles. The third kappa shape index (κ3) is 4.47. The van der Waals surface area contributed by atoms with E-state index in [9.17, 15) is 14.3 Å². The summed E-state index contributed by atoms with van der Waals surface area (Å²) >= 11 is 1.50. The van der Waals surface area contributed by atoms with E-state index in [1.807, 2.05) is 34.5 Å². The Labute approximate surface area is 194 Å². The number of carbonyl (C=O) groups is 1. The van der Waals surface area contributed by atoms with Crippen molar-refractivity contribution >= 4 is 28.8 Å². The van der Waals surface area contributed by atoms with Crippen LogP contribution in [0.2, 0.25) is 0 Å². The van der Waals surface area contributed by atoms with E-state index in [4.69, 9.17) is 0 Å². The van der Waals surface area contributed by atoms with E-state index in [1.54, 1.807) is 29.3 Å². The van der Waals surface area contributed by atoms with Gasteiger partial charge in [-0.1, -0.05) is 24.3 Å². The number of amides is 1. The molecule has 1 aliphatic heterocycles. The minimum atomic E-state index is -0.866. The van der Waals surface area contributed by atoms with Crippen LogP contribution in [0.25, 0.3) is 10.9 Å². The molecule has 1 atom stereocenters. The molecule has 0 fully saturated rings. The molecule has 0 spiro atoms. The SMILES string of the molecule is O=C(C(NCCO)c1ccccc1F)N1Cc2cn(Sc3ccc4ncccc4c3)nc2C1. The molecular formula is C24H22FN5O2S. The van der Waals surface area contributed by atoms with Gasteiger partial charge in [0.25, 0.3) is 0 Å². The second kappa shape index (κ2) is 9.30. The lowest BCUT2D eigenvalue weighted by atomic mass is 10.0. The molecule has 1 aliphatic rings. The molecule has 0 radical (unpaired) electrons. The van der Waals surface area contributed by atoms with Crippen LogP contribution in [0, 0.1) is 5.82 Å². The van der Waals surface area contributed by atoms with E-state index in [-0.39, 0.29) is 24.6 Å². The van der Waals surface area contributed by atoms with Crippen molar-refractivity contribution in [3.8, 4) is 0 Å². The second-order valence-electron chi connectivity index (χ2n) is 7.78.